The Morgan fingerprint density at radius 1 is 1.12 bits per heavy atom. The Bertz CT molecular complexity index is 1050. The highest BCUT2D eigenvalue weighted by atomic mass is 32.1. The third-order valence-electron chi connectivity index (χ3n) is 5.68. The van der Waals surface area contributed by atoms with Gasteiger partial charge in [0.15, 0.2) is 0 Å². The highest BCUT2D eigenvalue weighted by Crippen LogP contribution is 2.20. The van der Waals surface area contributed by atoms with Crippen LogP contribution in [0.2, 0.25) is 0 Å². The molecule has 0 aromatic heterocycles. The van der Waals surface area contributed by atoms with Gasteiger partial charge in [0.1, 0.15) is 11.3 Å². The minimum absolute atomic E-state index is 0.0853. The van der Waals surface area contributed by atoms with Crippen molar-refractivity contribution in [2.24, 2.45) is 5.92 Å². The molecule has 4 atom stereocenters. The average molecular weight is 477 g/mol. The van der Waals surface area contributed by atoms with E-state index in [2.05, 4.69) is 28.6 Å². The summed E-state index contributed by atoms with van der Waals surface area (Å²) in [5.41, 5.74) is 1.74. The second kappa shape index (κ2) is 12.6. The minimum Gasteiger partial charge on any atom is -0.356 e. The zero-order chi connectivity index (χ0) is 24.3. The quantitative estimate of drug-likeness (QED) is 0.311. The fourth-order valence-corrected chi connectivity index (χ4v) is 4.03. The van der Waals surface area contributed by atoms with Crippen molar-refractivity contribution in [3.8, 4) is 6.07 Å². The summed E-state index contributed by atoms with van der Waals surface area (Å²) in [6.45, 7) is 0.578. The first kappa shape index (κ1) is 25.1. The first-order chi connectivity index (χ1) is 16.5. The molecule has 1 aliphatic rings. The van der Waals surface area contributed by atoms with E-state index in [0.717, 1.165) is 11.1 Å². The van der Waals surface area contributed by atoms with Gasteiger partial charge in [0.2, 0.25) is 17.7 Å². The molecule has 3 rings (SSSR count). The minimum atomic E-state index is -0.866. The predicted octanol–water partition coefficient (Wildman–Crippen LogP) is 2.26. The molecule has 7 nitrogen and oxygen atoms in total. The summed E-state index contributed by atoms with van der Waals surface area (Å²) >= 11 is 4.31. The number of amides is 3. The van der Waals surface area contributed by atoms with E-state index in [1.54, 1.807) is 6.08 Å². The summed E-state index contributed by atoms with van der Waals surface area (Å²) in [4.78, 5) is 37.9. The molecule has 0 radical (unpaired) electrons. The van der Waals surface area contributed by atoms with Crippen LogP contribution in [0.4, 0.5) is 0 Å². The van der Waals surface area contributed by atoms with Gasteiger partial charge in [-0.15, -0.1) is 0 Å². The first-order valence-electron chi connectivity index (χ1n) is 11.2. The Kier molecular flexibility index (Phi) is 9.30. The lowest BCUT2D eigenvalue weighted by molar-refractivity contribution is -0.128. The first-order valence-corrected chi connectivity index (χ1v) is 11.7. The lowest BCUT2D eigenvalue weighted by Gasteiger charge is -2.25. The second-order valence-electron chi connectivity index (χ2n) is 8.20. The fraction of sp³-hybridized carbons (Fsp3) is 0.308. The van der Waals surface area contributed by atoms with Crippen LogP contribution in [-0.4, -0.2) is 41.6 Å². The Morgan fingerprint density at radius 3 is 2.41 bits per heavy atom. The van der Waals surface area contributed by atoms with Crippen molar-refractivity contribution in [3.63, 3.8) is 0 Å². The molecule has 2 aromatic carbocycles. The molecular formula is C26H28N4O3S. The zero-order valence-corrected chi connectivity index (χ0v) is 19.6. The van der Waals surface area contributed by atoms with Gasteiger partial charge in [-0.05, 0) is 30.0 Å². The zero-order valence-electron chi connectivity index (χ0n) is 18.7. The number of carbonyl (C=O) groups excluding carboxylic acids is 3. The van der Waals surface area contributed by atoms with E-state index in [4.69, 9.17) is 0 Å². The van der Waals surface area contributed by atoms with Crippen LogP contribution < -0.4 is 16.0 Å². The normalized spacial score (nSPS) is 17.9. The molecule has 2 aromatic rings. The summed E-state index contributed by atoms with van der Waals surface area (Å²) in [5.74, 6) is -1.21. The van der Waals surface area contributed by atoms with Crippen molar-refractivity contribution in [1.82, 2.24) is 16.0 Å². The Balaban J connectivity index is 1.73. The summed E-state index contributed by atoms with van der Waals surface area (Å²) in [5, 5.41) is 17.0. The standard InChI is InChI=1S/C26H28N4O3S/c27-17-23(34)21(16-20-13-14-28-25(20)32)30-26(33)22(15-19-9-5-2-6-10-19)29-24(31)12-11-18-7-3-1-4-8-18/h1-12,20-23,34H,13-16H2,(H,28,32)(H,29,31)(H,30,33)/b12-11+/t20-,21-,22-,23+/m0/s1. The second-order valence-corrected chi connectivity index (χ2v) is 8.75. The van der Waals surface area contributed by atoms with Crippen LogP contribution >= 0.6 is 12.6 Å². The van der Waals surface area contributed by atoms with Gasteiger partial charge in [0.05, 0.1) is 12.1 Å². The maximum Gasteiger partial charge on any atom is 0.244 e. The number of thiol groups is 1. The van der Waals surface area contributed by atoms with Crippen LogP contribution in [0.1, 0.15) is 24.0 Å². The van der Waals surface area contributed by atoms with Crippen molar-refractivity contribution in [3.05, 3.63) is 77.9 Å². The molecular weight excluding hydrogens is 448 g/mol. The monoisotopic (exact) mass is 476 g/mol. The Hall–Kier alpha value is -3.57. The SMILES string of the molecule is N#C[C@@H](S)[C@H](C[C@@H]1CCNC1=O)NC(=O)[C@H](Cc1ccccc1)NC(=O)/C=C/c1ccccc1. The number of nitrogens with zero attached hydrogens (tertiary/aromatic N) is 1. The average Bonchev–Trinajstić information content (AvgIpc) is 3.26. The van der Waals surface area contributed by atoms with Gasteiger partial charge in [-0.2, -0.15) is 17.9 Å². The van der Waals surface area contributed by atoms with Crippen LogP contribution in [0.5, 0.6) is 0 Å². The van der Waals surface area contributed by atoms with Crippen LogP contribution in [-0.2, 0) is 20.8 Å². The summed E-state index contributed by atoms with van der Waals surface area (Å²) in [7, 11) is 0. The van der Waals surface area contributed by atoms with Crippen molar-refractivity contribution in [2.75, 3.05) is 6.54 Å². The van der Waals surface area contributed by atoms with E-state index in [9.17, 15) is 19.6 Å². The van der Waals surface area contributed by atoms with Crippen LogP contribution in [0, 0.1) is 17.2 Å². The van der Waals surface area contributed by atoms with E-state index in [1.807, 2.05) is 66.7 Å². The van der Waals surface area contributed by atoms with Crippen molar-refractivity contribution >= 4 is 36.4 Å². The number of hydrogen-bond donors (Lipinski definition) is 4. The number of hydrogen-bond acceptors (Lipinski definition) is 5. The molecule has 1 fully saturated rings. The molecule has 0 aliphatic carbocycles. The molecule has 3 N–H and O–H groups in total. The fourth-order valence-electron chi connectivity index (χ4n) is 3.83. The number of benzene rings is 2. The van der Waals surface area contributed by atoms with Crippen LogP contribution in [0.3, 0.4) is 0 Å². The van der Waals surface area contributed by atoms with E-state index in [1.165, 1.54) is 6.08 Å². The van der Waals surface area contributed by atoms with Gasteiger partial charge in [0, 0.05) is 25.0 Å². The molecule has 1 heterocycles. The maximum absolute atomic E-state index is 13.2. The molecule has 34 heavy (non-hydrogen) atoms. The lowest BCUT2D eigenvalue weighted by Crippen LogP contribution is -2.52. The summed E-state index contributed by atoms with van der Waals surface area (Å²) < 4.78 is 0. The van der Waals surface area contributed by atoms with Gasteiger partial charge >= 0.3 is 0 Å². The highest BCUT2D eigenvalue weighted by molar-refractivity contribution is 7.81. The third kappa shape index (κ3) is 7.49. The topological polar surface area (TPSA) is 111 Å². The maximum atomic E-state index is 13.2. The number of rotatable bonds is 10. The van der Waals surface area contributed by atoms with Gasteiger partial charge in [-0.1, -0.05) is 60.7 Å². The smallest absolute Gasteiger partial charge is 0.244 e. The molecule has 0 saturated carbocycles. The van der Waals surface area contributed by atoms with Crippen molar-refractivity contribution in [2.45, 2.75) is 36.6 Å². The van der Waals surface area contributed by atoms with Gasteiger partial charge < -0.3 is 16.0 Å². The molecule has 0 spiro atoms. The lowest BCUT2D eigenvalue weighted by atomic mass is 9.95. The largest absolute Gasteiger partial charge is 0.356 e. The summed E-state index contributed by atoms with van der Waals surface area (Å²) in [6.07, 6.45) is 4.29. The van der Waals surface area contributed by atoms with Gasteiger partial charge in [-0.25, -0.2) is 0 Å². The van der Waals surface area contributed by atoms with E-state index in [-0.39, 0.29) is 18.2 Å². The molecule has 1 aliphatic heterocycles. The number of nitrogens with one attached hydrogen (secondary N) is 3. The Morgan fingerprint density at radius 2 is 1.79 bits per heavy atom. The molecule has 8 heteroatoms. The number of carbonyl (C=O) groups is 3. The molecule has 3 amide bonds. The Labute approximate surface area is 205 Å². The van der Waals surface area contributed by atoms with E-state index >= 15 is 0 Å². The molecule has 0 unspecified atom stereocenters. The molecule has 176 valence electrons. The van der Waals surface area contributed by atoms with E-state index < -0.39 is 29.1 Å². The number of nitriles is 1. The van der Waals surface area contributed by atoms with Crippen molar-refractivity contribution in [1.29, 1.82) is 5.26 Å². The highest BCUT2D eigenvalue weighted by Gasteiger charge is 2.32. The molecule has 0 bridgehead atoms. The van der Waals surface area contributed by atoms with Crippen LogP contribution in [0.25, 0.3) is 6.08 Å². The third-order valence-corrected chi connectivity index (χ3v) is 6.16. The van der Waals surface area contributed by atoms with Crippen molar-refractivity contribution < 1.29 is 14.4 Å². The predicted molar refractivity (Wildman–Crippen MR) is 134 cm³/mol. The van der Waals surface area contributed by atoms with Gasteiger partial charge in [-0.3, -0.25) is 14.4 Å². The molecule has 1 saturated heterocycles. The van der Waals surface area contributed by atoms with E-state index in [0.29, 0.717) is 19.4 Å². The van der Waals surface area contributed by atoms with Gasteiger partial charge in [0.25, 0.3) is 0 Å². The van der Waals surface area contributed by atoms with Crippen LogP contribution in [0.15, 0.2) is 66.7 Å². The summed E-state index contributed by atoms with van der Waals surface area (Å²) in [6, 6.07) is 19.3.